The molecule has 0 fully saturated rings. The number of nitrogens with one attached hydrogen (secondary N) is 2. The summed E-state index contributed by atoms with van der Waals surface area (Å²) in [5.74, 6) is -1.14. The van der Waals surface area contributed by atoms with Crippen molar-refractivity contribution in [2.24, 2.45) is 0 Å². The molecule has 0 saturated heterocycles. The molecule has 1 aromatic rings. The highest BCUT2D eigenvalue weighted by Crippen LogP contribution is 2.27. The fraction of sp³-hybridized carbons (Fsp3) is 0.200. The lowest BCUT2D eigenvalue weighted by molar-refractivity contribution is -0.385. The van der Waals surface area contributed by atoms with Crippen molar-refractivity contribution < 1.29 is 14.5 Å². The van der Waals surface area contributed by atoms with Crippen molar-refractivity contribution in [1.29, 1.82) is 0 Å². The van der Waals surface area contributed by atoms with Gasteiger partial charge in [0.1, 0.15) is 10.6 Å². The van der Waals surface area contributed by atoms with Crippen LogP contribution in [0.3, 0.4) is 0 Å². The molecule has 96 valence electrons. The lowest BCUT2D eigenvalue weighted by Crippen LogP contribution is -2.35. The average Bonchev–Trinajstić information content (AvgIpc) is 2.34. The molecule has 1 rings (SSSR count). The van der Waals surface area contributed by atoms with Crippen molar-refractivity contribution in [3.05, 3.63) is 38.9 Å². The highest BCUT2D eigenvalue weighted by atomic mass is 35.5. The maximum Gasteiger partial charge on any atom is 0.300 e. The van der Waals surface area contributed by atoms with E-state index < -0.39 is 22.4 Å². The molecule has 1 aromatic carbocycles. The van der Waals surface area contributed by atoms with Gasteiger partial charge in [-0.1, -0.05) is 17.7 Å². The van der Waals surface area contributed by atoms with Crippen LogP contribution in [0.15, 0.2) is 18.2 Å². The smallest absolute Gasteiger partial charge is 0.300 e. The summed E-state index contributed by atoms with van der Waals surface area (Å²) in [6.07, 6.45) is 0. The zero-order valence-electron chi connectivity index (χ0n) is 9.40. The molecule has 0 saturated carbocycles. The van der Waals surface area contributed by atoms with Crippen molar-refractivity contribution in [3.63, 3.8) is 0 Å². The Balaban J connectivity index is 2.96. The Morgan fingerprint density at radius 3 is 2.67 bits per heavy atom. The largest absolute Gasteiger partial charge is 0.358 e. The third kappa shape index (κ3) is 3.17. The first-order valence-electron chi connectivity index (χ1n) is 4.89. The molecule has 18 heavy (non-hydrogen) atoms. The highest BCUT2D eigenvalue weighted by molar-refractivity contribution is 6.33. The Morgan fingerprint density at radius 1 is 1.44 bits per heavy atom. The van der Waals surface area contributed by atoms with Crippen LogP contribution in [-0.4, -0.2) is 30.3 Å². The molecular weight excluding hydrogens is 262 g/mol. The van der Waals surface area contributed by atoms with Crippen molar-refractivity contribution >= 4 is 29.1 Å². The second-order valence-corrected chi connectivity index (χ2v) is 3.66. The number of carbonyl (C=O) groups is 2. The highest BCUT2D eigenvalue weighted by Gasteiger charge is 2.23. The summed E-state index contributed by atoms with van der Waals surface area (Å²) in [5.41, 5.74) is -0.662. The predicted molar refractivity (Wildman–Crippen MR) is 64.5 cm³/mol. The maximum absolute atomic E-state index is 11.7. The Bertz CT molecular complexity index is 504. The van der Waals surface area contributed by atoms with E-state index in [0.717, 1.165) is 0 Å². The van der Waals surface area contributed by atoms with E-state index in [2.05, 4.69) is 10.6 Å². The summed E-state index contributed by atoms with van der Waals surface area (Å²) in [7, 11) is 1.41. The number of para-hydroxylation sites is 1. The van der Waals surface area contributed by atoms with E-state index in [0.29, 0.717) is 0 Å². The van der Waals surface area contributed by atoms with Gasteiger partial charge in [-0.3, -0.25) is 19.7 Å². The Kier molecular flexibility index (Phi) is 4.61. The number of nitro benzene ring substituents is 1. The van der Waals surface area contributed by atoms with Gasteiger partial charge in [0.05, 0.1) is 11.5 Å². The van der Waals surface area contributed by atoms with Gasteiger partial charge in [-0.05, 0) is 12.1 Å². The molecule has 7 nitrogen and oxygen atoms in total. The molecule has 0 aliphatic rings. The molecule has 0 aliphatic heterocycles. The molecule has 0 aromatic heterocycles. The van der Waals surface area contributed by atoms with Crippen LogP contribution in [0.5, 0.6) is 0 Å². The first kappa shape index (κ1) is 13.9. The van der Waals surface area contributed by atoms with E-state index >= 15 is 0 Å². The number of rotatable bonds is 4. The standard InChI is InChI=1S/C10H10ClN3O4/c1-12-8(15)5-13-10(16)6-3-2-4-7(11)9(6)14(17)18/h2-4H,5H2,1H3,(H,12,15)(H,13,16). The number of carbonyl (C=O) groups excluding carboxylic acids is 2. The van der Waals surface area contributed by atoms with Crippen LogP contribution >= 0.6 is 11.6 Å². The third-order valence-corrected chi connectivity index (χ3v) is 2.41. The number of halogens is 1. The topological polar surface area (TPSA) is 101 Å². The molecule has 2 amide bonds. The van der Waals surface area contributed by atoms with Gasteiger partial charge in [0.2, 0.25) is 5.91 Å². The summed E-state index contributed by atoms with van der Waals surface area (Å²) in [4.78, 5) is 32.7. The van der Waals surface area contributed by atoms with Crippen LogP contribution in [-0.2, 0) is 4.79 Å². The number of benzene rings is 1. The zero-order chi connectivity index (χ0) is 13.7. The first-order valence-corrected chi connectivity index (χ1v) is 5.27. The molecular formula is C10H10ClN3O4. The number of nitro groups is 1. The molecule has 0 unspecified atom stereocenters. The van der Waals surface area contributed by atoms with Crippen LogP contribution in [0.4, 0.5) is 5.69 Å². The Labute approximate surface area is 107 Å². The molecule has 0 atom stereocenters. The minimum atomic E-state index is -0.739. The Morgan fingerprint density at radius 2 is 2.11 bits per heavy atom. The van der Waals surface area contributed by atoms with Crippen LogP contribution in [0.25, 0.3) is 0 Å². The van der Waals surface area contributed by atoms with Crippen LogP contribution in [0.1, 0.15) is 10.4 Å². The number of likely N-dealkylation sites (N-methyl/N-ethyl adjacent to an activating group) is 1. The maximum atomic E-state index is 11.7. The van der Waals surface area contributed by atoms with Gasteiger partial charge in [-0.2, -0.15) is 0 Å². The lowest BCUT2D eigenvalue weighted by atomic mass is 10.1. The van der Waals surface area contributed by atoms with E-state index in [1.54, 1.807) is 0 Å². The van der Waals surface area contributed by atoms with Gasteiger partial charge >= 0.3 is 5.69 Å². The summed E-state index contributed by atoms with van der Waals surface area (Å²) >= 11 is 5.66. The number of hydrogen-bond acceptors (Lipinski definition) is 4. The van der Waals surface area contributed by atoms with E-state index in [4.69, 9.17) is 11.6 Å². The monoisotopic (exact) mass is 271 g/mol. The quantitative estimate of drug-likeness (QED) is 0.622. The second kappa shape index (κ2) is 5.97. The molecule has 0 heterocycles. The van der Waals surface area contributed by atoms with Crippen molar-refractivity contribution in [2.45, 2.75) is 0 Å². The van der Waals surface area contributed by atoms with Gasteiger partial charge < -0.3 is 10.6 Å². The average molecular weight is 272 g/mol. The summed E-state index contributed by atoms with van der Waals surface area (Å²) in [5, 5.41) is 15.2. The second-order valence-electron chi connectivity index (χ2n) is 3.25. The molecule has 8 heteroatoms. The summed E-state index contributed by atoms with van der Waals surface area (Å²) < 4.78 is 0. The van der Waals surface area contributed by atoms with Crippen LogP contribution in [0.2, 0.25) is 5.02 Å². The summed E-state index contributed by atoms with van der Waals surface area (Å²) in [6, 6.07) is 4.00. The molecule has 0 spiro atoms. The normalized spacial score (nSPS) is 9.67. The van der Waals surface area contributed by atoms with E-state index in [-0.39, 0.29) is 17.1 Å². The fourth-order valence-corrected chi connectivity index (χ4v) is 1.47. The van der Waals surface area contributed by atoms with Crippen molar-refractivity contribution in [2.75, 3.05) is 13.6 Å². The van der Waals surface area contributed by atoms with Gasteiger partial charge in [0.15, 0.2) is 0 Å². The zero-order valence-corrected chi connectivity index (χ0v) is 10.2. The number of hydrogen-bond donors (Lipinski definition) is 2. The van der Waals surface area contributed by atoms with Crippen LogP contribution < -0.4 is 10.6 Å². The van der Waals surface area contributed by atoms with Gasteiger partial charge in [-0.15, -0.1) is 0 Å². The molecule has 2 N–H and O–H groups in total. The minimum absolute atomic E-state index is 0.132. The SMILES string of the molecule is CNC(=O)CNC(=O)c1cccc(Cl)c1[N+](=O)[O-]. The van der Waals surface area contributed by atoms with Crippen LogP contribution in [0, 0.1) is 10.1 Å². The lowest BCUT2D eigenvalue weighted by Gasteiger charge is -2.05. The van der Waals surface area contributed by atoms with Gasteiger partial charge in [0, 0.05) is 7.05 Å². The molecule has 0 aliphatic carbocycles. The fourth-order valence-electron chi connectivity index (χ4n) is 1.23. The summed E-state index contributed by atoms with van der Waals surface area (Å²) in [6.45, 7) is -0.265. The third-order valence-electron chi connectivity index (χ3n) is 2.10. The van der Waals surface area contributed by atoms with E-state index in [9.17, 15) is 19.7 Å². The van der Waals surface area contributed by atoms with Crippen molar-refractivity contribution in [1.82, 2.24) is 10.6 Å². The van der Waals surface area contributed by atoms with E-state index in [1.807, 2.05) is 0 Å². The predicted octanol–water partition coefficient (Wildman–Crippen LogP) is 0.724. The van der Waals surface area contributed by atoms with Crippen molar-refractivity contribution in [3.8, 4) is 0 Å². The molecule has 0 radical (unpaired) electrons. The van der Waals surface area contributed by atoms with Gasteiger partial charge in [0.25, 0.3) is 5.91 Å². The van der Waals surface area contributed by atoms with E-state index in [1.165, 1.54) is 25.2 Å². The minimum Gasteiger partial charge on any atom is -0.358 e. The number of nitrogens with zero attached hydrogens (tertiary/aromatic N) is 1. The number of amides is 2. The van der Waals surface area contributed by atoms with Gasteiger partial charge in [-0.25, -0.2) is 0 Å². The first-order chi connectivity index (χ1) is 8.47. The molecule has 0 bridgehead atoms. The Hall–Kier alpha value is -2.15.